The summed E-state index contributed by atoms with van der Waals surface area (Å²) in [7, 11) is -3.61. The SMILES string of the molecule is CS(=O)(=O)c1cc(NC(=O)c2ccc(COc3ccc(C4CC4)cc3)cc2)ccc1O. The predicted octanol–water partition coefficient (Wildman–Crippen LogP) is 4.50. The van der Waals surface area contributed by atoms with Crippen LogP contribution in [0.1, 0.15) is 40.2 Å². The highest BCUT2D eigenvalue weighted by Gasteiger charge is 2.23. The fourth-order valence-electron chi connectivity index (χ4n) is 3.26. The lowest BCUT2D eigenvalue weighted by atomic mass is 10.1. The van der Waals surface area contributed by atoms with Crippen LogP contribution in [0.2, 0.25) is 0 Å². The summed E-state index contributed by atoms with van der Waals surface area (Å²) in [4.78, 5) is 12.3. The molecular formula is C24H23NO5S. The van der Waals surface area contributed by atoms with Crippen molar-refractivity contribution in [2.45, 2.75) is 30.3 Å². The molecule has 4 rings (SSSR count). The number of nitrogens with one attached hydrogen (secondary N) is 1. The zero-order valence-electron chi connectivity index (χ0n) is 17.0. The molecule has 1 aliphatic carbocycles. The molecule has 0 aromatic heterocycles. The van der Waals surface area contributed by atoms with E-state index in [0.29, 0.717) is 18.1 Å². The van der Waals surface area contributed by atoms with E-state index < -0.39 is 9.84 Å². The molecule has 1 saturated carbocycles. The van der Waals surface area contributed by atoms with Gasteiger partial charge in [0, 0.05) is 17.5 Å². The molecule has 160 valence electrons. The van der Waals surface area contributed by atoms with Crippen molar-refractivity contribution in [3.8, 4) is 11.5 Å². The highest BCUT2D eigenvalue weighted by atomic mass is 32.2. The number of rotatable bonds is 7. The van der Waals surface area contributed by atoms with Crippen LogP contribution < -0.4 is 10.1 Å². The molecule has 3 aromatic carbocycles. The molecule has 1 fully saturated rings. The second-order valence-electron chi connectivity index (χ2n) is 7.74. The van der Waals surface area contributed by atoms with Crippen molar-refractivity contribution in [1.29, 1.82) is 0 Å². The Labute approximate surface area is 181 Å². The van der Waals surface area contributed by atoms with Crippen LogP contribution in [0.3, 0.4) is 0 Å². The topological polar surface area (TPSA) is 92.7 Å². The van der Waals surface area contributed by atoms with Gasteiger partial charge in [-0.15, -0.1) is 0 Å². The molecule has 0 heterocycles. The molecule has 2 N–H and O–H groups in total. The number of phenols is 1. The van der Waals surface area contributed by atoms with Crippen LogP contribution in [0.5, 0.6) is 11.5 Å². The van der Waals surface area contributed by atoms with Gasteiger partial charge in [-0.3, -0.25) is 4.79 Å². The molecule has 7 heteroatoms. The Bertz CT molecular complexity index is 1200. The van der Waals surface area contributed by atoms with Crippen molar-refractivity contribution >= 4 is 21.4 Å². The smallest absolute Gasteiger partial charge is 0.255 e. The van der Waals surface area contributed by atoms with E-state index in [1.54, 1.807) is 12.1 Å². The quantitative estimate of drug-likeness (QED) is 0.531. The van der Waals surface area contributed by atoms with Crippen LogP contribution in [0, 0.1) is 0 Å². The van der Waals surface area contributed by atoms with Crippen LogP contribution in [-0.2, 0) is 16.4 Å². The molecule has 0 radical (unpaired) electrons. The molecule has 0 aliphatic heterocycles. The minimum atomic E-state index is -3.61. The van der Waals surface area contributed by atoms with Gasteiger partial charge in [-0.2, -0.15) is 0 Å². The van der Waals surface area contributed by atoms with Crippen LogP contribution in [0.4, 0.5) is 5.69 Å². The molecule has 1 amide bonds. The maximum absolute atomic E-state index is 12.5. The van der Waals surface area contributed by atoms with E-state index in [9.17, 15) is 18.3 Å². The second kappa shape index (κ2) is 8.43. The van der Waals surface area contributed by atoms with Crippen molar-refractivity contribution in [1.82, 2.24) is 0 Å². The average molecular weight is 438 g/mol. The molecule has 0 bridgehead atoms. The zero-order chi connectivity index (χ0) is 22.0. The average Bonchev–Trinajstić information content (AvgIpc) is 3.59. The molecule has 31 heavy (non-hydrogen) atoms. The largest absolute Gasteiger partial charge is 0.507 e. The number of hydrogen-bond acceptors (Lipinski definition) is 5. The summed E-state index contributed by atoms with van der Waals surface area (Å²) in [5, 5.41) is 12.4. The van der Waals surface area contributed by atoms with Crippen molar-refractivity contribution in [2.24, 2.45) is 0 Å². The lowest BCUT2D eigenvalue weighted by Crippen LogP contribution is -2.12. The third kappa shape index (κ3) is 5.24. The lowest BCUT2D eigenvalue weighted by molar-refractivity contribution is 0.102. The van der Waals surface area contributed by atoms with Gasteiger partial charge >= 0.3 is 0 Å². The van der Waals surface area contributed by atoms with Gasteiger partial charge in [0.15, 0.2) is 9.84 Å². The fourth-order valence-corrected chi connectivity index (χ4v) is 4.05. The van der Waals surface area contributed by atoms with Crippen molar-refractivity contribution < 1.29 is 23.1 Å². The summed E-state index contributed by atoms with van der Waals surface area (Å²) in [5.41, 5.74) is 2.99. The predicted molar refractivity (Wildman–Crippen MR) is 118 cm³/mol. The second-order valence-corrected chi connectivity index (χ2v) is 9.72. The number of sulfone groups is 1. The minimum Gasteiger partial charge on any atom is -0.507 e. The molecule has 3 aromatic rings. The number of benzene rings is 3. The summed E-state index contributed by atoms with van der Waals surface area (Å²) >= 11 is 0. The minimum absolute atomic E-state index is 0.233. The van der Waals surface area contributed by atoms with Gasteiger partial charge in [0.25, 0.3) is 5.91 Å². The van der Waals surface area contributed by atoms with E-state index in [1.807, 2.05) is 24.3 Å². The van der Waals surface area contributed by atoms with Gasteiger partial charge in [-0.25, -0.2) is 8.42 Å². The number of hydrogen-bond donors (Lipinski definition) is 2. The van der Waals surface area contributed by atoms with Gasteiger partial charge < -0.3 is 15.2 Å². The van der Waals surface area contributed by atoms with E-state index in [0.717, 1.165) is 17.6 Å². The highest BCUT2D eigenvalue weighted by molar-refractivity contribution is 7.90. The third-order valence-corrected chi connectivity index (χ3v) is 6.29. The van der Waals surface area contributed by atoms with E-state index in [-0.39, 0.29) is 22.2 Å². The number of ether oxygens (including phenoxy) is 1. The maximum atomic E-state index is 12.5. The first-order chi connectivity index (χ1) is 14.8. The molecule has 0 saturated heterocycles. The Hall–Kier alpha value is -3.32. The van der Waals surface area contributed by atoms with Gasteiger partial charge in [0.05, 0.1) is 0 Å². The van der Waals surface area contributed by atoms with Gasteiger partial charge in [-0.05, 0) is 72.4 Å². The first-order valence-electron chi connectivity index (χ1n) is 9.96. The Balaban J connectivity index is 1.36. The normalized spacial score (nSPS) is 13.6. The maximum Gasteiger partial charge on any atom is 0.255 e. The van der Waals surface area contributed by atoms with Gasteiger partial charge in [-0.1, -0.05) is 24.3 Å². The van der Waals surface area contributed by atoms with Gasteiger partial charge in [0.2, 0.25) is 0 Å². The first kappa shape index (κ1) is 20.9. The van der Waals surface area contributed by atoms with Crippen LogP contribution >= 0.6 is 0 Å². The van der Waals surface area contributed by atoms with Gasteiger partial charge in [0.1, 0.15) is 23.0 Å². The molecular weight excluding hydrogens is 414 g/mol. The lowest BCUT2D eigenvalue weighted by Gasteiger charge is -2.10. The van der Waals surface area contributed by atoms with E-state index >= 15 is 0 Å². The van der Waals surface area contributed by atoms with Crippen LogP contribution in [0.25, 0.3) is 0 Å². The van der Waals surface area contributed by atoms with E-state index in [4.69, 9.17) is 4.74 Å². The summed E-state index contributed by atoms with van der Waals surface area (Å²) in [6.07, 6.45) is 3.54. The Kier molecular flexibility index (Phi) is 5.69. The monoisotopic (exact) mass is 437 g/mol. The summed E-state index contributed by atoms with van der Waals surface area (Å²) in [5.74, 6) is 0.785. The van der Waals surface area contributed by atoms with E-state index in [2.05, 4.69) is 17.4 Å². The summed E-state index contributed by atoms with van der Waals surface area (Å²) in [6, 6.07) is 19.1. The number of aromatic hydroxyl groups is 1. The third-order valence-electron chi connectivity index (χ3n) is 5.17. The van der Waals surface area contributed by atoms with Crippen molar-refractivity contribution in [2.75, 3.05) is 11.6 Å². The Morgan fingerprint density at radius 3 is 2.32 bits per heavy atom. The fraction of sp³-hybridized carbons (Fsp3) is 0.208. The number of carbonyl (C=O) groups is 1. The summed E-state index contributed by atoms with van der Waals surface area (Å²) in [6.45, 7) is 0.389. The van der Waals surface area contributed by atoms with Crippen molar-refractivity contribution in [3.05, 3.63) is 83.4 Å². The van der Waals surface area contributed by atoms with Crippen LogP contribution in [-0.4, -0.2) is 25.7 Å². The molecule has 1 aliphatic rings. The zero-order valence-corrected chi connectivity index (χ0v) is 17.9. The van der Waals surface area contributed by atoms with E-state index in [1.165, 1.54) is 36.6 Å². The number of anilines is 1. The number of phenolic OH excluding ortho intramolecular Hbond substituents is 1. The summed E-state index contributed by atoms with van der Waals surface area (Å²) < 4.78 is 29.3. The van der Waals surface area contributed by atoms with Crippen LogP contribution in [0.15, 0.2) is 71.6 Å². The number of amides is 1. The molecule has 0 spiro atoms. The van der Waals surface area contributed by atoms with Crippen molar-refractivity contribution in [3.63, 3.8) is 0 Å². The standard InChI is InChI=1S/C24H23NO5S/c1-31(28,29)23-14-20(10-13-22(23)26)25-24(27)19-4-2-16(3-5-19)15-30-21-11-8-18(9-12-21)17-6-7-17/h2-5,8-14,17,26H,6-7,15H2,1H3,(H,25,27). The highest BCUT2D eigenvalue weighted by Crippen LogP contribution is 2.40. The Morgan fingerprint density at radius 1 is 1.03 bits per heavy atom. The molecule has 0 unspecified atom stereocenters. The molecule has 6 nitrogen and oxygen atoms in total. The first-order valence-corrected chi connectivity index (χ1v) is 11.8. The number of carbonyl (C=O) groups excluding carboxylic acids is 1. The molecule has 0 atom stereocenters. The Morgan fingerprint density at radius 2 is 1.71 bits per heavy atom.